The van der Waals surface area contributed by atoms with Crippen molar-refractivity contribution in [1.82, 2.24) is 10.3 Å². The number of aromatic nitrogens is 1. The van der Waals surface area contributed by atoms with E-state index in [0.717, 1.165) is 18.5 Å². The largest absolute Gasteiger partial charge is 0.380 e. The van der Waals surface area contributed by atoms with Gasteiger partial charge in [-0.15, -0.1) is 0 Å². The summed E-state index contributed by atoms with van der Waals surface area (Å²) in [5, 5.41) is 3.35. The summed E-state index contributed by atoms with van der Waals surface area (Å²) in [6.45, 7) is 6.52. The van der Waals surface area contributed by atoms with Gasteiger partial charge in [0, 0.05) is 31.5 Å². The maximum absolute atomic E-state index is 5.59. The van der Waals surface area contributed by atoms with E-state index in [-0.39, 0.29) is 6.10 Å². The van der Waals surface area contributed by atoms with Gasteiger partial charge in [0.15, 0.2) is 0 Å². The molecular weight excluding hydrogens is 224 g/mol. The number of hydrogen-bond donors (Lipinski definition) is 1. The standard InChI is InChI=1S/C15H26N2O/c1-6-12-7-8-13(17-10-12)9-14(16-4)15(18-5)11(2)3/h7-8,10-11,14-16H,6,9H2,1-5H3. The molecular formula is C15H26N2O. The van der Waals surface area contributed by atoms with Crippen molar-refractivity contribution in [2.24, 2.45) is 5.92 Å². The first kappa shape index (κ1) is 15.1. The third-order valence-electron chi connectivity index (χ3n) is 3.42. The van der Waals surface area contributed by atoms with E-state index < -0.39 is 0 Å². The van der Waals surface area contributed by atoms with Gasteiger partial charge in [-0.3, -0.25) is 4.98 Å². The Morgan fingerprint density at radius 1 is 1.33 bits per heavy atom. The number of rotatable bonds is 7. The molecule has 0 radical (unpaired) electrons. The number of hydrogen-bond acceptors (Lipinski definition) is 3. The lowest BCUT2D eigenvalue weighted by atomic mass is 9.95. The molecule has 1 rings (SSSR count). The van der Waals surface area contributed by atoms with Crippen molar-refractivity contribution >= 4 is 0 Å². The van der Waals surface area contributed by atoms with Gasteiger partial charge in [0.1, 0.15) is 0 Å². The van der Waals surface area contributed by atoms with Crippen molar-refractivity contribution in [3.8, 4) is 0 Å². The fourth-order valence-electron chi connectivity index (χ4n) is 2.29. The van der Waals surface area contributed by atoms with Crippen LogP contribution in [0.1, 0.15) is 32.0 Å². The molecule has 3 heteroatoms. The van der Waals surface area contributed by atoms with E-state index in [1.807, 2.05) is 13.2 Å². The third-order valence-corrected chi connectivity index (χ3v) is 3.42. The number of ether oxygens (including phenoxy) is 1. The van der Waals surface area contributed by atoms with Gasteiger partial charge in [0.25, 0.3) is 0 Å². The summed E-state index contributed by atoms with van der Waals surface area (Å²) in [4.78, 5) is 4.52. The monoisotopic (exact) mass is 250 g/mol. The van der Waals surface area contributed by atoms with Crippen LogP contribution in [0.25, 0.3) is 0 Å². The lowest BCUT2D eigenvalue weighted by Gasteiger charge is -2.28. The average Bonchev–Trinajstić information content (AvgIpc) is 2.38. The van der Waals surface area contributed by atoms with Gasteiger partial charge in [-0.25, -0.2) is 0 Å². The minimum atomic E-state index is 0.211. The molecule has 102 valence electrons. The van der Waals surface area contributed by atoms with Gasteiger partial charge >= 0.3 is 0 Å². The molecule has 18 heavy (non-hydrogen) atoms. The Labute approximate surface area is 111 Å². The molecule has 0 bridgehead atoms. The summed E-state index contributed by atoms with van der Waals surface area (Å²) in [6.07, 6.45) is 4.12. The van der Waals surface area contributed by atoms with Crippen molar-refractivity contribution in [2.75, 3.05) is 14.2 Å². The van der Waals surface area contributed by atoms with Crippen molar-refractivity contribution in [2.45, 2.75) is 45.8 Å². The second kappa shape index (κ2) is 7.49. The number of pyridine rings is 1. The first-order valence-electron chi connectivity index (χ1n) is 6.76. The normalized spacial score (nSPS) is 14.8. The molecule has 0 aliphatic rings. The highest BCUT2D eigenvalue weighted by Crippen LogP contribution is 2.14. The molecule has 0 spiro atoms. The summed E-state index contributed by atoms with van der Waals surface area (Å²) < 4.78 is 5.59. The Kier molecular flexibility index (Phi) is 6.30. The fraction of sp³-hybridized carbons (Fsp3) is 0.667. The van der Waals surface area contributed by atoms with Crippen LogP contribution in [0.5, 0.6) is 0 Å². The number of aryl methyl sites for hydroxylation is 1. The van der Waals surface area contributed by atoms with E-state index >= 15 is 0 Å². The van der Waals surface area contributed by atoms with Gasteiger partial charge in [-0.1, -0.05) is 26.8 Å². The maximum Gasteiger partial charge on any atom is 0.0750 e. The first-order valence-corrected chi connectivity index (χ1v) is 6.76. The van der Waals surface area contributed by atoms with E-state index in [9.17, 15) is 0 Å². The molecule has 0 saturated heterocycles. The molecule has 0 aromatic carbocycles. The predicted molar refractivity (Wildman–Crippen MR) is 75.8 cm³/mol. The van der Waals surface area contributed by atoms with Crippen LogP contribution in [-0.4, -0.2) is 31.3 Å². The summed E-state index contributed by atoms with van der Waals surface area (Å²) in [5.74, 6) is 0.488. The van der Waals surface area contributed by atoms with Crippen LogP contribution in [0, 0.1) is 5.92 Å². The lowest BCUT2D eigenvalue weighted by molar-refractivity contribution is 0.0351. The molecule has 2 unspecified atom stereocenters. The van der Waals surface area contributed by atoms with Gasteiger partial charge in [0.2, 0.25) is 0 Å². The van der Waals surface area contributed by atoms with Crippen LogP contribution >= 0.6 is 0 Å². The number of methoxy groups -OCH3 is 1. The molecule has 1 aromatic rings. The van der Waals surface area contributed by atoms with Gasteiger partial charge in [0.05, 0.1) is 6.10 Å². The van der Waals surface area contributed by atoms with Gasteiger partial charge in [-0.05, 0) is 31.0 Å². The highest BCUT2D eigenvalue weighted by atomic mass is 16.5. The van der Waals surface area contributed by atoms with Gasteiger partial charge < -0.3 is 10.1 Å². The molecule has 2 atom stereocenters. The summed E-state index contributed by atoms with van der Waals surface area (Å²) in [7, 11) is 3.77. The Morgan fingerprint density at radius 2 is 2.06 bits per heavy atom. The molecule has 0 fully saturated rings. The highest BCUT2D eigenvalue weighted by molar-refractivity contribution is 5.15. The zero-order valence-electron chi connectivity index (χ0n) is 12.2. The second-order valence-electron chi connectivity index (χ2n) is 5.05. The van der Waals surface area contributed by atoms with Gasteiger partial charge in [-0.2, -0.15) is 0 Å². The van der Waals surface area contributed by atoms with Crippen LogP contribution in [0.15, 0.2) is 18.3 Å². The van der Waals surface area contributed by atoms with Crippen LogP contribution in [-0.2, 0) is 17.6 Å². The number of nitrogens with one attached hydrogen (secondary N) is 1. The van der Waals surface area contributed by atoms with Crippen molar-refractivity contribution in [1.29, 1.82) is 0 Å². The Morgan fingerprint density at radius 3 is 2.44 bits per heavy atom. The molecule has 0 saturated carbocycles. The topological polar surface area (TPSA) is 34.1 Å². The van der Waals surface area contributed by atoms with E-state index in [1.54, 1.807) is 7.11 Å². The van der Waals surface area contributed by atoms with Crippen molar-refractivity contribution < 1.29 is 4.74 Å². The van der Waals surface area contributed by atoms with Crippen molar-refractivity contribution in [3.63, 3.8) is 0 Å². The van der Waals surface area contributed by atoms with Crippen molar-refractivity contribution in [3.05, 3.63) is 29.6 Å². The van der Waals surface area contributed by atoms with E-state index in [2.05, 4.69) is 43.2 Å². The minimum Gasteiger partial charge on any atom is -0.380 e. The van der Waals surface area contributed by atoms with Crippen LogP contribution < -0.4 is 5.32 Å². The highest BCUT2D eigenvalue weighted by Gasteiger charge is 2.23. The van der Waals surface area contributed by atoms with E-state index in [4.69, 9.17) is 4.74 Å². The molecule has 1 aromatic heterocycles. The Hall–Kier alpha value is -0.930. The summed E-state index contributed by atoms with van der Waals surface area (Å²) in [6, 6.07) is 4.58. The Balaban J connectivity index is 2.72. The predicted octanol–water partition coefficient (Wildman–Crippen LogP) is 2.45. The number of nitrogens with zero attached hydrogens (tertiary/aromatic N) is 1. The smallest absolute Gasteiger partial charge is 0.0750 e. The van der Waals surface area contributed by atoms with E-state index in [1.165, 1.54) is 5.56 Å². The SMILES string of the molecule is CCc1ccc(CC(NC)C(OC)C(C)C)nc1. The Bertz CT molecular complexity index is 335. The third kappa shape index (κ3) is 4.07. The summed E-state index contributed by atoms with van der Waals surface area (Å²) >= 11 is 0. The zero-order chi connectivity index (χ0) is 13.5. The van der Waals surface area contributed by atoms with Crippen LogP contribution in [0.3, 0.4) is 0 Å². The van der Waals surface area contributed by atoms with Crippen LogP contribution in [0.2, 0.25) is 0 Å². The molecule has 1 heterocycles. The fourth-order valence-corrected chi connectivity index (χ4v) is 2.29. The molecule has 1 N–H and O–H groups in total. The number of likely N-dealkylation sites (N-methyl/N-ethyl adjacent to an activating group) is 1. The zero-order valence-corrected chi connectivity index (χ0v) is 12.2. The summed E-state index contributed by atoms with van der Waals surface area (Å²) in [5.41, 5.74) is 2.40. The lowest BCUT2D eigenvalue weighted by Crippen LogP contribution is -2.43. The second-order valence-corrected chi connectivity index (χ2v) is 5.05. The average molecular weight is 250 g/mol. The van der Waals surface area contributed by atoms with E-state index in [0.29, 0.717) is 12.0 Å². The minimum absolute atomic E-state index is 0.211. The first-order chi connectivity index (χ1) is 8.62. The molecule has 0 amide bonds. The molecule has 3 nitrogen and oxygen atoms in total. The maximum atomic E-state index is 5.59. The molecule has 0 aliphatic carbocycles. The molecule has 0 aliphatic heterocycles. The quantitative estimate of drug-likeness (QED) is 0.807. The van der Waals surface area contributed by atoms with Crippen LogP contribution in [0.4, 0.5) is 0 Å².